The first-order chi connectivity index (χ1) is 19.8. The second-order valence-corrected chi connectivity index (χ2v) is 10.7. The number of nitrogens with zero attached hydrogens (tertiary/aromatic N) is 1. The average Bonchev–Trinajstić information content (AvgIpc) is 3.38. The number of hydrogen-bond donors (Lipinski definition) is 4. The highest BCUT2D eigenvalue weighted by atomic mass is 32.1. The van der Waals surface area contributed by atoms with Crippen LogP contribution in [0.1, 0.15) is 62.7 Å². The van der Waals surface area contributed by atoms with Crippen molar-refractivity contribution in [2.75, 3.05) is 11.9 Å². The number of benzene rings is 2. The van der Waals surface area contributed by atoms with Gasteiger partial charge in [-0.05, 0) is 72.3 Å². The number of carboxylic acid groups (broad SMARTS) is 1. The second kappa shape index (κ2) is 11.9. The molecule has 41 heavy (non-hydrogen) atoms. The van der Waals surface area contributed by atoms with Gasteiger partial charge >= 0.3 is 5.97 Å². The lowest BCUT2D eigenvalue weighted by molar-refractivity contribution is 0.0691. The maximum Gasteiger partial charge on any atom is 0.355 e. The number of aromatic carboxylic acids is 1. The first-order valence-electron chi connectivity index (χ1n) is 13.3. The molecule has 1 aliphatic rings. The maximum absolute atomic E-state index is 13.8. The van der Waals surface area contributed by atoms with Gasteiger partial charge < -0.3 is 26.2 Å². The van der Waals surface area contributed by atoms with Gasteiger partial charge in [0.25, 0.3) is 11.8 Å². The van der Waals surface area contributed by atoms with Crippen molar-refractivity contribution >= 4 is 34.8 Å². The lowest BCUT2D eigenvalue weighted by Gasteiger charge is -2.18. The molecule has 210 valence electrons. The molecular weight excluding hydrogens is 540 g/mol. The number of hydrogen-bond acceptors (Lipinski definition) is 7. The highest BCUT2D eigenvalue weighted by Gasteiger charge is 2.28. The minimum atomic E-state index is -1.32. The van der Waals surface area contributed by atoms with Crippen LogP contribution in [-0.2, 0) is 13.0 Å². The molecule has 1 atom stereocenters. The van der Waals surface area contributed by atoms with Crippen LogP contribution in [-0.4, -0.2) is 40.5 Å². The summed E-state index contributed by atoms with van der Waals surface area (Å²) in [5.41, 5.74) is 9.49. The van der Waals surface area contributed by atoms with Gasteiger partial charge in [-0.25, -0.2) is 9.78 Å². The lowest BCUT2D eigenvalue weighted by Crippen LogP contribution is -2.25. The minimum absolute atomic E-state index is 0.0199. The highest BCUT2D eigenvalue weighted by molar-refractivity contribution is 7.13. The number of nitrogens with one attached hydrogen (secondary N) is 2. The summed E-state index contributed by atoms with van der Waals surface area (Å²) >= 11 is 1.56. The van der Waals surface area contributed by atoms with E-state index in [4.69, 9.17) is 10.5 Å². The summed E-state index contributed by atoms with van der Waals surface area (Å²) in [7, 11) is 0. The molecule has 2 amide bonds. The van der Waals surface area contributed by atoms with Crippen molar-refractivity contribution in [2.45, 2.75) is 39.3 Å². The summed E-state index contributed by atoms with van der Waals surface area (Å²) in [5, 5.41) is 17.8. The predicted octanol–water partition coefficient (Wildman–Crippen LogP) is 5.35. The molecule has 0 radical (unpaired) electrons. The summed E-state index contributed by atoms with van der Waals surface area (Å²) in [5.74, 6) is -1.68. The Morgan fingerprint density at radius 2 is 1.83 bits per heavy atom. The van der Waals surface area contributed by atoms with Gasteiger partial charge in [-0.1, -0.05) is 19.1 Å². The van der Waals surface area contributed by atoms with E-state index in [0.29, 0.717) is 36.5 Å². The molecule has 0 bridgehead atoms. The number of carbonyl (C=O) groups excluding carboxylic acids is 2. The number of amides is 2. The van der Waals surface area contributed by atoms with Crippen LogP contribution in [0, 0.1) is 0 Å². The summed E-state index contributed by atoms with van der Waals surface area (Å²) in [4.78, 5) is 44.0. The zero-order chi connectivity index (χ0) is 29.1. The molecule has 2 aromatic heterocycles. The number of fused-ring (bicyclic) bond motifs is 3. The fourth-order valence-electron chi connectivity index (χ4n) is 4.78. The Kier molecular flexibility index (Phi) is 8.14. The van der Waals surface area contributed by atoms with Gasteiger partial charge in [0.1, 0.15) is 17.5 Å². The van der Waals surface area contributed by atoms with Crippen molar-refractivity contribution in [2.24, 2.45) is 5.73 Å². The molecule has 2 aromatic carbocycles. The van der Waals surface area contributed by atoms with Gasteiger partial charge in [-0.15, -0.1) is 11.3 Å². The highest BCUT2D eigenvalue weighted by Crippen LogP contribution is 2.44. The maximum atomic E-state index is 13.8. The fraction of sp³-hybridized carbons (Fsp3) is 0.226. The van der Waals surface area contributed by atoms with Gasteiger partial charge in [0.2, 0.25) is 0 Å². The Morgan fingerprint density at radius 3 is 2.54 bits per heavy atom. The number of carboxylic acids is 1. The van der Waals surface area contributed by atoms with E-state index in [0.717, 1.165) is 28.0 Å². The Morgan fingerprint density at radius 1 is 1.05 bits per heavy atom. The molecule has 0 unspecified atom stereocenters. The van der Waals surface area contributed by atoms with E-state index in [-0.39, 0.29) is 28.6 Å². The first-order valence-corrected chi connectivity index (χ1v) is 14.2. The molecule has 5 rings (SSSR count). The molecule has 1 aliphatic heterocycles. The lowest BCUT2D eigenvalue weighted by atomic mass is 9.93. The zero-order valence-electron chi connectivity index (χ0n) is 22.7. The van der Waals surface area contributed by atoms with Gasteiger partial charge in [0.05, 0.1) is 0 Å². The molecule has 0 saturated heterocycles. The largest absolute Gasteiger partial charge is 0.490 e. The summed E-state index contributed by atoms with van der Waals surface area (Å²) in [6.45, 7) is 4.70. The fourth-order valence-corrected chi connectivity index (χ4v) is 5.74. The van der Waals surface area contributed by atoms with E-state index in [1.54, 1.807) is 35.6 Å². The molecule has 0 aliphatic carbocycles. The molecule has 9 nitrogen and oxygen atoms in total. The smallest absolute Gasteiger partial charge is 0.355 e. The van der Waals surface area contributed by atoms with Crippen molar-refractivity contribution in [3.05, 3.63) is 88.1 Å². The third-order valence-corrected chi connectivity index (χ3v) is 7.78. The Hall–Kier alpha value is -4.54. The normalized spacial score (nSPS) is 13.8. The third kappa shape index (κ3) is 5.84. The van der Waals surface area contributed by atoms with Crippen LogP contribution >= 0.6 is 11.3 Å². The van der Waals surface area contributed by atoms with E-state index in [1.807, 2.05) is 31.4 Å². The van der Waals surface area contributed by atoms with Crippen molar-refractivity contribution < 1.29 is 24.2 Å². The Balaban J connectivity index is 1.67. The first kappa shape index (κ1) is 28.0. The van der Waals surface area contributed by atoms with Crippen LogP contribution < -0.4 is 21.1 Å². The van der Waals surface area contributed by atoms with Crippen LogP contribution in [0.4, 0.5) is 5.69 Å². The SMILES string of the molecule is CCCNC(=O)c1ccc(-c2cc3c(cc2C(=O)Nc2ccc(CN)cc2)-c2sccc2C[C@H](C)O3)c(C(=O)O)n1. The number of pyridine rings is 1. The predicted molar refractivity (Wildman–Crippen MR) is 159 cm³/mol. The zero-order valence-corrected chi connectivity index (χ0v) is 23.5. The average molecular weight is 571 g/mol. The van der Waals surface area contributed by atoms with Gasteiger partial charge in [0.15, 0.2) is 5.69 Å². The van der Waals surface area contributed by atoms with E-state index in [9.17, 15) is 19.5 Å². The van der Waals surface area contributed by atoms with Crippen LogP contribution in [0.2, 0.25) is 0 Å². The van der Waals surface area contributed by atoms with Crippen LogP contribution in [0.5, 0.6) is 5.75 Å². The number of aromatic nitrogens is 1. The van der Waals surface area contributed by atoms with E-state index in [1.165, 1.54) is 12.1 Å². The summed E-state index contributed by atoms with van der Waals surface area (Å²) in [6.07, 6.45) is 1.28. The van der Waals surface area contributed by atoms with Crippen LogP contribution in [0.3, 0.4) is 0 Å². The minimum Gasteiger partial charge on any atom is -0.490 e. The van der Waals surface area contributed by atoms with Crippen LogP contribution in [0.15, 0.2) is 60.0 Å². The molecular formula is C31H30N4O5S. The van der Waals surface area contributed by atoms with Crippen molar-refractivity contribution in [3.8, 4) is 27.3 Å². The quantitative estimate of drug-likeness (QED) is 0.224. The number of carbonyl (C=O) groups is 3. The Bertz CT molecular complexity index is 1630. The Labute approximate surface area is 241 Å². The van der Waals surface area contributed by atoms with E-state index < -0.39 is 17.8 Å². The number of rotatable bonds is 8. The second-order valence-electron chi connectivity index (χ2n) is 9.81. The summed E-state index contributed by atoms with van der Waals surface area (Å²) in [6, 6.07) is 15.7. The van der Waals surface area contributed by atoms with E-state index in [2.05, 4.69) is 21.7 Å². The monoisotopic (exact) mass is 570 g/mol. The number of ether oxygens (including phenoxy) is 1. The van der Waals surface area contributed by atoms with Gasteiger partial charge in [0, 0.05) is 52.3 Å². The van der Waals surface area contributed by atoms with Crippen molar-refractivity contribution in [3.63, 3.8) is 0 Å². The molecule has 5 N–H and O–H groups in total. The van der Waals surface area contributed by atoms with Gasteiger partial charge in [-0.3, -0.25) is 9.59 Å². The van der Waals surface area contributed by atoms with Crippen molar-refractivity contribution in [1.29, 1.82) is 0 Å². The molecule has 0 spiro atoms. The summed E-state index contributed by atoms with van der Waals surface area (Å²) < 4.78 is 6.28. The van der Waals surface area contributed by atoms with E-state index >= 15 is 0 Å². The molecule has 10 heteroatoms. The van der Waals surface area contributed by atoms with Gasteiger partial charge in [-0.2, -0.15) is 0 Å². The number of thiophene rings is 1. The number of nitrogens with two attached hydrogens (primary N) is 1. The van der Waals surface area contributed by atoms with Crippen molar-refractivity contribution in [1.82, 2.24) is 10.3 Å². The number of anilines is 1. The topological polar surface area (TPSA) is 144 Å². The molecule has 4 aromatic rings. The molecule has 0 saturated carbocycles. The van der Waals surface area contributed by atoms with Crippen LogP contribution in [0.25, 0.3) is 21.6 Å². The third-order valence-electron chi connectivity index (χ3n) is 6.79. The standard InChI is InChI=1S/C31H30N4O5S/c1-3-11-33-30(37)25-9-8-21(27(35-25)31(38)39)22-15-26-24(28-19(10-12-41-28)13-17(2)40-26)14-23(22)29(36)34-20-6-4-18(16-32)5-7-20/h4-10,12,14-15,17H,3,11,13,16,32H2,1-2H3,(H,33,37)(H,34,36)(H,38,39)/t17-/m0/s1. The molecule has 0 fully saturated rings. The molecule has 3 heterocycles.